The van der Waals surface area contributed by atoms with E-state index in [4.69, 9.17) is 15.0 Å². The predicted octanol–water partition coefficient (Wildman–Crippen LogP) is 7.32. The molecule has 0 fully saturated rings. The molecule has 0 aliphatic carbocycles. The molecule has 0 aromatic carbocycles. The first-order valence-electron chi connectivity index (χ1n) is 13.0. The van der Waals surface area contributed by atoms with Crippen LogP contribution >= 0.6 is 0 Å². The monoisotopic (exact) mass is 642 g/mol. The molecule has 0 saturated carbocycles. The average molecular weight is 640 g/mol. The van der Waals surface area contributed by atoms with E-state index in [1.165, 1.54) is 77.0 Å². The van der Waals surface area contributed by atoms with E-state index in [-0.39, 0.29) is 0 Å². The third-order valence-electron chi connectivity index (χ3n) is 5.30. The van der Waals surface area contributed by atoms with Crippen molar-refractivity contribution in [2.24, 2.45) is 0 Å². The van der Waals surface area contributed by atoms with Crippen LogP contribution in [0.25, 0.3) is 0 Å². The van der Waals surface area contributed by atoms with E-state index in [2.05, 4.69) is 41.5 Å². The van der Waals surface area contributed by atoms with E-state index < -0.39 is 45.7 Å². The van der Waals surface area contributed by atoms with Crippen LogP contribution in [0.3, 0.4) is 0 Å². The van der Waals surface area contributed by atoms with E-state index in [9.17, 15) is 0 Å². The van der Waals surface area contributed by atoms with E-state index in [0.29, 0.717) is 0 Å². The van der Waals surface area contributed by atoms with Crippen LogP contribution in [0.2, 0.25) is 26.6 Å². The molecule has 0 N–H and O–H groups in total. The van der Waals surface area contributed by atoms with E-state index >= 15 is 0 Å². The molecule has 0 aromatic rings. The molecule has 0 aromatic heterocycles. The third kappa shape index (κ3) is 36.3. The third-order valence-corrected chi connectivity index (χ3v) is 23.5. The smallest absolute Gasteiger partial charge is 0.0431 e. The summed E-state index contributed by atoms with van der Waals surface area (Å²) in [5.41, 5.74) is 0. The summed E-state index contributed by atoms with van der Waals surface area (Å²) in [7, 11) is 0. The number of rotatable bonds is 18. The van der Waals surface area contributed by atoms with Crippen molar-refractivity contribution < 1.29 is 15.0 Å². The van der Waals surface area contributed by atoms with Gasteiger partial charge in [0.2, 0.25) is 0 Å². The van der Waals surface area contributed by atoms with Crippen LogP contribution < -0.4 is 10.2 Å². The molecule has 180 valence electrons. The van der Waals surface area contributed by atoms with Gasteiger partial charge in [-0.1, -0.05) is 0 Å². The molecule has 0 saturated heterocycles. The average Bonchev–Trinajstić information content (AvgIpc) is 2.72. The Bertz CT molecular complexity index is 249. The first-order chi connectivity index (χ1) is 14.4. The number of unbranched alkanes of at least 4 members (excludes halogenated alkanes) is 6. The summed E-state index contributed by atoms with van der Waals surface area (Å²) in [6.07, 6.45) is 15.4. The van der Waals surface area contributed by atoms with Gasteiger partial charge in [-0.3, -0.25) is 0 Å². The molecular formula is C25H54O3Sn2. The van der Waals surface area contributed by atoms with Gasteiger partial charge in [0, 0.05) is 0 Å². The Labute approximate surface area is 204 Å². The molecule has 30 heavy (non-hydrogen) atoms. The molecule has 0 amide bonds. The van der Waals surface area contributed by atoms with Gasteiger partial charge in [0.1, 0.15) is 0 Å². The van der Waals surface area contributed by atoms with Gasteiger partial charge in [-0.2, -0.15) is 0 Å². The Balaban J connectivity index is -0.000000412. The van der Waals surface area contributed by atoms with Crippen LogP contribution in [0.1, 0.15) is 119 Å². The van der Waals surface area contributed by atoms with Gasteiger partial charge in [0.15, 0.2) is 0 Å². The Morgan fingerprint density at radius 3 is 0.700 bits per heavy atom. The number of carbonyl (C=O) groups excluding carboxylic acids is 1. The molecule has 0 aliphatic heterocycles. The SMILES string of the molecule is CCC[CH2][Sn+]([CH2]CCC)[CH2]CCC.CCC[CH2][Sn+]([CH2]CCC)[CH2]CCC.O=C([O-])[O-]. The normalized spacial score (nSPS) is 9.80. The van der Waals surface area contributed by atoms with Gasteiger partial charge in [0.05, 0.1) is 0 Å². The molecule has 3 nitrogen and oxygen atoms in total. The van der Waals surface area contributed by atoms with Gasteiger partial charge >= 0.3 is 185 Å². The zero-order chi connectivity index (χ0) is 23.5. The van der Waals surface area contributed by atoms with Gasteiger partial charge in [-0.15, -0.1) is 0 Å². The van der Waals surface area contributed by atoms with Gasteiger partial charge in [-0.25, -0.2) is 0 Å². The molecule has 0 bridgehead atoms. The van der Waals surface area contributed by atoms with Crippen molar-refractivity contribution in [2.45, 2.75) is 145 Å². The van der Waals surface area contributed by atoms with Crippen molar-refractivity contribution in [1.29, 1.82) is 0 Å². The summed E-state index contributed by atoms with van der Waals surface area (Å²) in [6.45, 7) is 14.0. The summed E-state index contributed by atoms with van der Waals surface area (Å²) in [6, 6.07) is 0. The minimum absolute atomic E-state index is 0.839. The summed E-state index contributed by atoms with van der Waals surface area (Å²) in [5.74, 6) is 0. The molecule has 0 heterocycles. The van der Waals surface area contributed by atoms with Gasteiger partial charge in [-0.05, 0) is 6.16 Å². The molecule has 0 spiro atoms. The van der Waals surface area contributed by atoms with Crippen LogP contribution in [0.4, 0.5) is 4.79 Å². The molecule has 0 aliphatic rings. The summed E-state index contributed by atoms with van der Waals surface area (Å²) < 4.78 is 10.1. The minimum atomic E-state index is -2.33. The Hall–Kier alpha value is 0.867. The zero-order valence-corrected chi connectivity index (χ0v) is 27.2. The van der Waals surface area contributed by atoms with Crippen LogP contribution in [-0.2, 0) is 0 Å². The second kappa shape index (κ2) is 32.0. The Kier molecular flexibility index (Phi) is 37.9. The second-order valence-corrected chi connectivity index (χ2v) is 25.5. The fourth-order valence-corrected chi connectivity index (χ4v) is 22.2. The Morgan fingerprint density at radius 2 is 0.600 bits per heavy atom. The maximum Gasteiger partial charge on any atom is -0.0431 e. The topological polar surface area (TPSA) is 63.2 Å². The van der Waals surface area contributed by atoms with Crippen LogP contribution in [-0.4, -0.2) is 45.7 Å². The standard InChI is InChI=1S/6C4H9.CH2O3.2Sn/c6*1-3-4-2;2-1(3)4;;/h6*1,3-4H2,2H3;(H2,2,3,4);;/q;;;;;;;2*+1/p-2. The van der Waals surface area contributed by atoms with E-state index in [0.717, 1.165) is 0 Å². The van der Waals surface area contributed by atoms with Crippen molar-refractivity contribution in [3.05, 3.63) is 0 Å². The predicted molar refractivity (Wildman–Crippen MR) is 135 cm³/mol. The van der Waals surface area contributed by atoms with Crippen molar-refractivity contribution in [2.75, 3.05) is 0 Å². The largest absolute Gasteiger partial charge is 0.652 e. The molecular weight excluding hydrogens is 586 g/mol. The molecule has 0 atom stereocenters. The number of hydrogen-bond donors (Lipinski definition) is 0. The zero-order valence-electron chi connectivity index (χ0n) is 21.5. The fourth-order valence-electron chi connectivity index (χ4n) is 3.31. The quantitative estimate of drug-likeness (QED) is 0.148. The maximum atomic E-state index is 8.33. The summed E-state index contributed by atoms with van der Waals surface area (Å²) >= 11 is -1.68. The second-order valence-electron chi connectivity index (χ2n) is 8.37. The van der Waals surface area contributed by atoms with Crippen LogP contribution in [0.15, 0.2) is 0 Å². The molecule has 0 unspecified atom stereocenters. The van der Waals surface area contributed by atoms with E-state index in [1.54, 1.807) is 26.6 Å². The van der Waals surface area contributed by atoms with Gasteiger partial charge in [0.25, 0.3) is 0 Å². The molecule has 0 rings (SSSR count). The number of carbonyl (C=O) groups is 1. The van der Waals surface area contributed by atoms with Crippen molar-refractivity contribution in [3.63, 3.8) is 0 Å². The van der Waals surface area contributed by atoms with Crippen LogP contribution in [0, 0.1) is 0 Å². The van der Waals surface area contributed by atoms with Crippen molar-refractivity contribution >= 4 is 45.7 Å². The van der Waals surface area contributed by atoms with Crippen LogP contribution in [0.5, 0.6) is 0 Å². The molecule has 5 heteroatoms. The Morgan fingerprint density at radius 1 is 0.467 bits per heavy atom. The van der Waals surface area contributed by atoms with Crippen molar-refractivity contribution in [1.82, 2.24) is 0 Å². The minimum Gasteiger partial charge on any atom is -0.652 e. The summed E-state index contributed by atoms with van der Waals surface area (Å²) in [5, 5.41) is 16.7. The fraction of sp³-hybridized carbons (Fsp3) is 0.960. The first kappa shape index (κ1) is 35.5. The van der Waals surface area contributed by atoms with E-state index in [1.807, 2.05) is 0 Å². The number of hydrogen-bond acceptors (Lipinski definition) is 3. The first-order valence-corrected chi connectivity index (χ1v) is 25.1. The number of carboxylic acid groups (broad SMARTS) is 2. The molecule has 0 radical (unpaired) electrons. The van der Waals surface area contributed by atoms with Gasteiger partial charge < -0.3 is 15.0 Å². The maximum absolute atomic E-state index is 8.33. The summed E-state index contributed by atoms with van der Waals surface area (Å²) in [4.78, 5) is 8.33. The van der Waals surface area contributed by atoms with Crippen molar-refractivity contribution in [3.8, 4) is 0 Å².